The zero-order chi connectivity index (χ0) is 19.3. The summed E-state index contributed by atoms with van der Waals surface area (Å²) in [5.74, 6) is 0.478. The normalized spacial score (nSPS) is 27.7. The SMILES string of the molecule is CCOC(=O)CC1CCC2(CC1)CCC(C(=O)c1ccc(C#N)cc1)NC2. The molecule has 3 rings (SSSR count). The van der Waals surface area contributed by atoms with E-state index in [0.29, 0.717) is 30.1 Å². The van der Waals surface area contributed by atoms with Gasteiger partial charge in [0.25, 0.3) is 0 Å². The van der Waals surface area contributed by atoms with Gasteiger partial charge in [0, 0.05) is 18.5 Å². The van der Waals surface area contributed by atoms with Crippen molar-refractivity contribution in [1.29, 1.82) is 5.26 Å². The Morgan fingerprint density at radius 2 is 1.85 bits per heavy atom. The third-order valence-corrected chi connectivity index (χ3v) is 6.23. The van der Waals surface area contributed by atoms with Gasteiger partial charge in [-0.15, -0.1) is 0 Å². The third kappa shape index (κ3) is 4.75. The lowest BCUT2D eigenvalue weighted by Gasteiger charge is -2.45. The monoisotopic (exact) mass is 368 g/mol. The average molecular weight is 368 g/mol. The highest BCUT2D eigenvalue weighted by Crippen LogP contribution is 2.45. The van der Waals surface area contributed by atoms with Gasteiger partial charge in [-0.1, -0.05) is 12.1 Å². The molecule has 0 amide bonds. The fraction of sp³-hybridized carbons (Fsp3) is 0.591. The van der Waals surface area contributed by atoms with Crippen LogP contribution in [0.2, 0.25) is 0 Å². The molecule has 27 heavy (non-hydrogen) atoms. The van der Waals surface area contributed by atoms with Gasteiger partial charge < -0.3 is 10.1 Å². The molecule has 1 aromatic rings. The molecule has 0 radical (unpaired) electrons. The van der Waals surface area contributed by atoms with Gasteiger partial charge in [-0.05, 0) is 68.9 Å². The maximum Gasteiger partial charge on any atom is 0.306 e. The van der Waals surface area contributed by atoms with E-state index in [9.17, 15) is 9.59 Å². The van der Waals surface area contributed by atoms with E-state index < -0.39 is 0 Å². The van der Waals surface area contributed by atoms with Crippen molar-refractivity contribution in [1.82, 2.24) is 5.32 Å². The largest absolute Gasteiger partial charge is 0.466 e. The molecule has 1 aromatic carbocycles. The summed E-state index contributed by atoms with van der Waals surface area (Å²) < 4.78 is 5.07. The fourth-order valence-electron chi connectivity index (χ4n) is 4.49. The van der Waals surface area contributed by atoms with Crippen LogP contribution in [0.1, 0.15) is 67.8 Å². The number of hydrogen-bond acceptors (Lipinski definition) is 5. The minimum atomic E-state index is -0.138. The highest BCUT2D eigenvalue weighted by Gasteiger charge is 2.40. The summed E-state index contributed by atoms with van der Waals surface area (Å²) in [6, 6.07) is 8.82. The second-order valence-corrected chi connectivity index (χ2v) is 7.98. The Labute approximate surface area is 161 Å². The Hall–Kier alpha value is -2.19. The zero-order valence-corrected chi connectivity index (χ0v) is 16.0. The first kappa shape index (κ1) is 19.6. The summed E-state index contributed by atoms with van der Waals surface area (Å²) in [5.41, 5.74) is 1.51. The van der Waals surface area contributed by atoms with Crippen molar-refractivity contribution in [3.05, 3.63) is 35.4 Å². The second-order valence-electron chi connectivity index (χ2n) is 7.98. The highest BCUT2D eigenvalue weighted by molar-refractivity contribution is 6.00. The van der Waals surface area contributed by atoms with Crippen LogP contribution in [0, 0.1) is 22.7 Å². The van der Waals surface area contributed by atoms with Crippen LogP contribution in [0.5, 0.6) is 0 Å². The van der Waals surface area contributed by atoms with Gasteiger partial charge in [0.1, 0.15) is 0 Å². The molecule has 144 valence electrons. The molecular weight excluding hydrogens is 340 g/mol. The molecule has 5 heteroatoms. The number of ether oxygens (including phenoxy) is 1. The number of ketones is 1. The van der Waals surface area contributed by atoms with Crippen LogP contribution in [0.15, 0.2) is 24.3 Å². The molecule has 1 atom stereocenters. The van der Waals surface area contributed by atoms with Gasteiger partial charge in [-0.3, -0.25) is 9.59 Å². The number of Topliss-reactive ketones (excluding diaryl/α,β-unsaturated/α-hetero) is 1. The van der Waals surface area contributed by atoms with Crippen LogP contribution in [0.25, 0.3) is 0 Å². The molecule has 1 heterocycles. The van der Waals surface area contributed by atoms with Gasteiger partial charge >= 0.3 is 5.97 Å². The Balaban J connectivity index is 1.49. The first-order chi connectivity index (χ1) is 13.0. The van der Waals surface area contributed by atoms with Crippen molar-refractivity contribution >= 4 is 11.8 Å². The molecular formula is C22H28N2O3. The van der Waals surface area contributed by atoms with Crippen molar-refractivity contribution in [3.63, 3.8) is 0 Å². The molecule has 0 bridgehead atoms. The van der Waals surface area contributed by atoms with E-state index in [1.54, 1.807) is 24.3 Å². The average Bonchev–Trinajstić information content (AvgIpc) is 2.70. The standard InChI is InChI=1S/C22H28N2O3/c1-2-27-20(25)13-16-7-10-22(11-8-16)12-9-19(24-15-22)21(26)18-5-3-17(14-23)4-6-18/h3-6,16,19,24H,2,7-13,15H2,1H3. The van der Waals surface area contributed by atoms with Crippen molar-refractivity contribution < 1.29 is 14.3 Å². The quantitative estimate of drug-likeness (QED) is 0.634. The number of benzene rings is 1. The fourth-order valence-corrected chi connectivity index (χ4v) is 4.49. The van der Waals surface area contributed by atoms with Crippen LogP contribution in [-0.2, 0) is 9.53 Å². The maximum absolute atomic E-state index is 12.7. The molecule has 1 spiro atoms. The third-order valence-electron chi connectivity index (χ3n) is 6.23. The lowest BCUT2D eigenvalue weighted by Crippen LogP contribution is -2.50. The maximum atomic E-state index is 12.7. The molecule has 5 nitrogen and oxygen atoms in total. The van der Waals surface area contributed by atoms with Gasteiger partial charge in [-0.25, -0.2) is 0 Å². The molecule has 1 N–H and O–H groups in total. The summed E-state index contributed by atoms with van der Waals surface area (Å²) in [4.78, 5) is 24.4. The van der Waals surface area contributed by atoms with Crippen LogP contribution >= 0.6 is 0 Å². The molecule has 2 aliphatic rings. The second kappa shape index (κ2) is 8.67. The van der Waals surface area contributed by atoms with Gasteiger partial charge in [0.05, 0.1) is 24.3 Å². The topological polar surface area (TPSA) is 79.2 Å². The molecule has 1 saturated heterocycles. The van der Waals surface area contributed by atoms with E-state index in [2.05, 4.69) is 11.4 Å². The molecule has 2 fully saturated rings. The number of esters is 1. The van der Waals surface area contributed by atoms with Gasteiger partial charge in [0.2, 0.25) is 0 Å². The van der Waals surface area contributed by atoms with E-state index >= 15 is 0 Å². The first-order valence-electron chi connectivity index (χ1n) is 9.98. The molecule has 1 aliphatic heterocycles. The summed E-state index contributed by atoms with van der Waals surface area (Å²) in [6.07, 6.45) is 6.80. The number of nitrogens with zero attached hydrogens (tertiary/aromatic N) is 1. The Morgan fingerprint density at radius 1 is 1.19 bits per heavy atom. The number of hydrogen-bond donors (Lipinski definition) is 1. The number of piperidine rings is 1. The summed E-state index contributed by atoms with van der Waals surface area (Å²) >= 11 is 0. The summed E-state index contributed by atoms with van der Waals surface area (Å²) in [5, 5.41) is 12.4. The molecule has 1 unspecified atom stereocenters. The van der Waals surface area contributed by atoms with Crippen molar-refractivity contribution in [2.45, 2.75) is 57.9 Å². The smallest absolute Gasteiger partial charge is 0.306 e. The lowest BCUT2D eigenvalue weighted by atomic mass is 9.65. The Kier molecular flexibility index (Phi) is 6.28. The van der Waals surface area contributed by atoms with Crippen molar-refractivity contribution in [2.75, 3.05) is 13.2 Å². The van der Waals surface area contributed by atoms with E-state index in [1.165, 1.54) is 0 Å². The number of carbonyl (C=O) groups is 2. The lowest BCUT2D eigenvalue weighted by molar-refractivity contribution is -0.144. The first-order valence-corrected chi connectivity index (χ1v) is 9.98. The Bertz CT molecular complexity index is 702. The van der Waals surface area contributed by atoms with E-state index in [1.807, 2.05) is 6.92 Å². The summed E-state index contributed by atoms with van der Waals surface area (Å²) in [7, 11) is 0. The van der Waals surface area contributed by atoms with Crippen LogP contribution in [0.4, 0.5) is 0 Å². The molecule has 1 aliphatic carbocycles. The minimum Gasteiger partial charge on any atom is -0.466 e. The number of carbonyl (C=O) groups excluding carboxylic acids is 2. The van der Waals surface area contributed by atoms with Crippen molar-refractivity contribution in [3.8, 4) is 6.07 Å². The number of rotatable bonds is 5. The van der Waals surface area contributed by atoms with Crippen LogP contribution < -0.4 is 5.32 Å². The molecule has 1 saturated carbocycles. The van der Waals surface area contributed by atoms with E-state index in [0.717, 1.165) is 45.1 Å². The summed E-state index contributed by atoms with van der Waals surface area (Å²) in [6.45, 7) is 3.16. The zero-order valence-electron chi connectivity index (χ0n) is 16.0. The Morgan fingerprint density at radius 3 is 2.41 bits per heavy atom. The molecule has 0 aromatic heterocycles. The van der Waals surface area contributed by atoms with E-state index in [-0.39, 0.29) is 23.2 Å². The van der Waals surface area contributed by atoms with Crippen molar-refractivity contribution in [2.24, 2.45) is 11.3 Å². The van der Waals surface area contributed by atoms with Gasteiger partial charge in [-0.2, -0.15) is 5.26 Å². The minimum absolute atomic E-state index is 0.0757. The predicted octanol–water partition coefficient (Wildman–Crippen LogP) is 3.62. The van der Waals surface area contributed by atoms with Crippen LogP contribution in [-0.4, -0.2) is 30.9 Å². The van der Waals surface area contributed by atoms with Gasteiger partial charge in [0.15, 0.2) is 5.78 Å². The highest BCUT2D eigenvalue weighted by atomic mass is 16.5. The van der Waals surface area contributed by atoms with Crippen LogP contribution in [0.3, 0.4) is 0 Å². The number of nitriles is 1. The van der Waals surface area contributed by atoms with E-state index in [4.69, 9.17) is 10.00 Å². The number of nitrogens with one attached hydrogen (secondary N) is 1. The predicted molar refractivity (Wildman–Crippen MR) is 102 cm³/mol.